The fourth-order valence-electron chi connectivity index (χ4n) is 1.44. The van der Waals surface area contributed by atoms with Crippen LogP contribution in [0.1, 0.15) is 38.0 Å². The molecule has 1 heterocycles. The number of hydrogen-bond donors (Lipinski definition) is 1. The van der Waals surface area contributed by atoms with Crippen LogP contribution < -0.4 is 0 Å². The van der Waals surface area contributed by atoms with Gasteiger partial charge in [-0.3, -0.25) is 4.68 Å². The van der Waals surface area contributed by atoms with E-state index in [0.717, 1.165) is 25.1 Å². The molecule has 0 radical (unpaired) electrons. The Bertz CT molecular complexity index is 311. The molecule has 0 aliphatic rings. The molecule has 0 bridgehead atoms. The normalized spacial score (nSPS) is 12.4. The van der Waals surface area contributed by atoms with Gasteiger partial charge >= 0.3 is 0 Å². The van der Waals surface area contributed by atoms with E-state index < -0.39 is 6.10 Å². The Hall–Kier alpha value is -1.27. The van der Waals surface area contributed by atoms with E-state index in [4.69, 9.17) is 6.42 Å². The summed E-state index contributed by atoms with van der Waals surface area (Å²) in [4.78, 5) is 0. The molecule has 1 rings (SSSR count). The van der Waals surface area contributed by atoms with Gasteiger partial charge in [-0.1, -0.05) is 0 Å². The van der Waals surface area contributed by atoms with Gasteiger partial charge in [0.05, 0.1) is 11.8 Å². The first-order chi connectivity index (χ1) is 6.79. The second kappa shape index (κ2) is 5.46. The first-order valence-corrected chi connectivity index (χ1v) is 4.92. The van der Waals surface area contributed by atoms with Crippen LogP contribution in [0.4, 0.5) is 0 Å². The Morgan fingerprint density at radius 2 is 2.50 bits per heavy atom. The Morgan fingerprint density at radius 1 is 1.71 bits per heavy atom. The molecule has 0 aliphatic heterocycles. The summed E-state index contributed by atoms with van der Waals surface area (Å²) in [7, 11) is 0. The summed E-state index contributed by atoms with van der Waals surface area (Å²) >= 11 is 0. The molecule has 1 unspecified atom stereocenters. The quantitative estimate of drug-likeness (QED) is 0.570. The van der Waals surface area contributed by atoms with E-state index in [1.165, 1.54) is 0 Å². The zero-order valence-electron chi connectivity index (χ0n) is 8.48. The van der Waals surface area contributed by atoms with Crippen molar-refractivity contribution in [2.75, 3.05) is 0 Å². The van der Waals surface area contributed by atoms with Crippen molar-refractivity contribution in [1.82, 2.24) is 9.78 Å². The number of nitrogens with zero attached hydrogens (tertiary/aromatic N) is 2. The van der Waals surface area contributed by atoms with Gasteiger partial charge in [0.25, 0.3) is 0 Å². The Labute approximate surface area is 84.8 Å². The predicted octanol–water partition coefficient (Wildman–Crippen LogP) is 1.74. The summed E-state index contributed by atoms with van der Waals surface area (Å²) < 4.78 is 1.81. The minimum atomic E-state index is -0.439. The van der Waals surface area contributed by atoms with Crippen molar-refractivity contribution in [3.63, 3.8) is 0 Å². The van der Waals surface area contributed by atoms with Crippen LogP contribution in [-0.4, -0.2) is 14.9 Å². The topological polar surface area (TPSA) is 38.1 Å². The average molecular weight is 192 g/mol. The molecule has 0 spiro atoms. The number of aliphatic hydroxyl groups excluding tert-OH is 1. The fraction of sp³-hybridized carbons (Fsp3) is 0.545. The van der Waals surface area contributed by atoms with Gasteiger partial charge in [-0.2, -0.15) is 5.10 Å². The molecule has 0 aliphatic carbocycles. The highest BCUT2D eigenvalue weighted by Crippen LogP contribution is 2.18. The Morgan fingerprint density at radius 3 is 3.14 bits per heavy atom. The van der Waals surface area contributed by atoms with E-state index in [9.17, 15) is 5.11 Å². The monoisotopic (exact) mass is 192 g/mol. The zero-order valence-corrected chi connectivity index (χ0v) is 8.48. The minimum absolute atomic E-state index is 0.439. The van der Waals surface area contributed by atoms with Crippen LogP contribution in [0.25, 0.3) is 0 Å². The maximum atomic E-state index is 9.82. The molecule has 1 aromatic heterocycles. The standard InChI is InChI=1S/C11H16N2O/c1-3-5-6-7-11(14)10-8-9-12-13(10)4-2/h1,8-9,11,14H,4-7H2,2H3. The molecular formula is C11H16N2O. The summed E-state index contributed by atoms with van der Waals surface area (Å²) in [5.74, 6) is 2.56. The van der Waals surface area contributed by atoms with Gasteiger partial charge in [-0.15, -0.1) is 12.3 Å². The lowest BCUT2D eigenvalue weighted by molar-refractivity contribution is 0.154. The van der Waals surface area contributed by atoms with Gasteiger partial charge in [0.15, 0.2) is 0 Å². The predicted molar refractivity (Wildman–Crippen MR) is 55.5 cm³/mol. The molecule has 0 amide bonds. The average Bonchev–Trinajstić information content (AvgIpc) is 2.65. The second-order valence-electron chi connectivity index (χ2n) is 3.18. The molecule has 76 valence electrons. The molecule has 1 aromatic rings. The Kier molecular flexibility index (Phi) is 4.21. The van der Waals surface area contributed by atoms with Crippen molar-refractivity contribution < 1.29 is 5.11 Å². The number of rotatable bonds is 5. The van der Waals surface area contributed by atoms with Gasteiger partial charge < -0.3 is 5.11 Å². The van der Waals surface area contributed by atoms with Crippen LogP contribution in [0.5, 0.6) is 0 Å². The molecule has 0 saturated carbocycles. The maximum Gasteiger partial charge on any atom is 0.0957 e. The third kappa shape index (κ3) is 2.61. The molecule has 14 heavy (non-hydrogen) atoms. The summed E-state index contributed by atoms with van der Waals surface area (Å²) in [5, 5.41) is 13.9. The van der Waals surface area contributed by atoms with Crippen LogP contribution >= 0.6 is 0 Å². The van der Waals surface area contributed by atoms with Gasteiger partial charge in [0.2, 0.25) is 0 Å². The second-order valence-corrected chi connectivity index (χ2v) is 3.18. The highest BCUT2D eigenvalue weighted by atomic mass is 16.3. The number of terminal acetylenes is 1. The van der Waals surface area contributed by atoms with Gasteiger partial charge in [-0.05, 0) is 25.8 Å². The number of unbranched alkanes of at least 4 members (excludes halogenated alkanes) is 1. The zero-order chi connectivity index (χ0) is 10.4. The molecule has 0 fully saturated rings. The summed E-state index contributed by atoms with van der Waals surface area (Å²) in [6.45, 7) is 2.79. The Balaban J connectivity index is 2.52. The van der Waals surface area contributed by atoms with E-state index in [-0.39, 0.29) is 0 Å². The lowest BCUT2D eigenvalue weighted by Crippen LogP contribution is -2.07. The minimum Gasteiger partial charge on any atom is -0.387 e. The van der Waals surface area contributed by atoms with Crippen molar-refractivity contribution in [3.8, 4) is 12.3 Å². The van der Waals surface area contributed by atoms with E-state index >= 15 is 0 Å². The highest BCUT2D eigenvalue weighted by molar-refractivity contribution is 5.04. The maximum absolute atomic E-state index is 9.82. The van der Waals surface area contributed by atoms with Crippen molar-refractivity contribution in [1.29, 1.82) is 0 Å². The number of aryl methyl sites for hydroxylation is 1. The molecule has 1 N–H and O–H groups in total. The van der Waals surface area contributed by atoms with E-state index in [1.807, 2.05) is 13.0 Å². The smallest absolute Gasteiger partial charge is 0.0957 e. The van der Waals surface area contributed by atoms with Crippen LogP contribution in [0, 0.1) is 12.3 Å². The first kappa shape index (κ1) is 10.8. The fourth-order valence-corrected chi connectivity index (χ4v) is 1.44. The van der Waals surface area contributed by atoms with E-state index in [2.05, 4.69) is 11.0 Å². The van der Waals surface area contributed by atoms with Crippen molar-refractivity contribution >= 4 is 0 Å². The third-order valence-electron chi connectivity index (χ3n) is 2.19. The van der Waals surface area contributed by atoms with Crippen molar-refractivity contribution in [2.45, 2.75) is 38.8 Å². The number of aliphatic hydroxyl groups is 1. The van der Waals surface area contributed by atoms with Crippen molar-refractivity contribution in [3.05, 3.63) is 18.0 Å². The molecule has 1 atom stereocenters. The van der Waals surface area contributed by atoms with Crippen LogP contribution in [0.3, 0.4) is 0 Å². The van der Waals surface area contributed by atoms with Crippen LogP contribution in [0.2, 0.25) is 0 Å². The summed E-state index contributed by atoms with van der Waals surface area (Å²) in [6, 6.07) is 1.85. The molecular weight excluding hydrogens is 176 g/mol. The van der Waals surface area contributed by atoms with Gasteiger partial charge in [-0.25, -0.2) is 0 Å². The van der Waals surface area contributed by atoms with Gasteiger partial charge in [0, 0.05) is 19.2 Å². The molecule has 0 saturated heterocycles. The number of aromatic nitrogens is 2. The molecule has 0 aromatic carbocycles. The number of hydrogen-bond acceptors (Lipinski definition) is 2. The van der Waals surface area contributed by atoms with E-state index in [0.29, 0.717) is 6.42 Å². The van der Waals surface area contributed by atoms with Crippen LogP contribution in [0.15, 0.2) is 12.3 Å². The third-order valence-corrected chi connectivity index (χ3v) is 2.19. The lowest BCUT2D eigenvalue weighted by atomic mass is 10.1. The molecule has 3 heteroatoms. The lowest BCUT2D eigenvalue weighted by Gasteiger charge is -2.11. The first-order valence-electron chi connectivity index (χ1n) is 4.92. The SMILES string of the molecule is C#CCCCC(O)c1ccnn1CC. The van der Waals surface area contributed by atoms with Crippen LogP contribution in [-0.2, 0) is 6.54 Å². The van der Waals surface area contributed by atoms with Gasteiger partial charge in [0.1, 0.15) is 0 Å². The van der Waals surface area contributed by atoms with E-state index in [1.54, 1.807) is 10.9 Å². The van der Waals surface area contributed by atoms with Crippen molar-refractivity contribution in [2.24, 2.45) is 0 Å². The largest absolute Gasteiger partial charge is 0.387 e. The summed E-state index contributed by atoms with van der Waals surface area (Å²) in [5.41, 5.74) is 0.879. The highest BCUT2D eigenvalue weighted by Gasteiger charge is 2.11. The summed E-state index contributed by atoms with van der Waals surface area (Å²) in [6.07, 6.45) is 8.69. The molecule has 3 nitrogen and oxygen atoms in total.